The minimum absolute atomic E-state index is 0.0672. The molecule has 0 aliphatic rings. The molecule has 21 heavy (non-hydrogen) atoms. The highest BCUT2D eigenvalue weighted by atomic mass is 35.5. The van der Waals surface area contributed by atoms with Crippen molar-refractivity contribution >= 4 is 34.8 Å². The van der Waals surface area contributed by atoms with Gasteiger partial charge in [-0.25, -0.2) is 9.78 Å². The second-order valence-electron chi connectivity index (χ2n) is 4.22. The number of carbonyl (C=O) groups excluding carboxylic acids is 1. The van der Waals surface area contributed by atoms with E-state index in [2.05, 4.69) is 10.3 Å². The van der Waals surface area contributed by atoms with Crippen molar-refractivity contribution in [3.8, 4) is 0 Å². The highest BCUT2D eigenvalue weighted by Gasteiger charge is 2.16. The number of aromatic nitrogens is 3. The van der Waals surface area contributed by atoms with E-state index in [9.17, 15) is 14.4 Å². The van der Waals surface area contributed by atoms with Crippen LogP contribution in [0.5, 0.6) is 0 Å². The maximum Gasteiger partial charge on any atom is 0.330 e. The van der Waals surface area contributed by atoms with Crippen molar-refractivity contribution in [1.82, 2.24) is 14.1 Å². The molecule has 0 aliphatic heterocycles. The molecule has 1 N–H and O–H groups in total. The Balaban J connectivity index is 2.43. The number of nitrogens with zero attached hydrogens (tertiary/aromatic N) is 3. The molecule has 0 aromatic carbocycles. The Kier molecular flexibility index (Phi) is 4.15. The Hall–Kier alpha value is -2.12. The number of hydrogen-bond donors (Lipinski definition) is 1. The highest BCUT2D eigenvalue weighted by molar-refractivity contribution is 6.35. The Bertz CT molecular complexity index is 841. The molecule has 0 aliphatic carbocycles. The van der Waals surface area contributed by atoms with Gasteiger partial charge in [-0.3, -0.25) is 14.2 Å². The van der Waals surface area contributed by atoms with Crippen molar-refractivity contribution in [2.75, 3.05) is 5.32 Å². The number of anilines is 1. The lowest BCUT2D eigenvalue weighted by atomic mass is 10.3. The van der Waals surface area contributed by atoms with Gasteiger partial charge in [0.05, 0.1) is 5.02 Å². The first-order chi connectivity index (χ1) is 9.81. The molecule has 0 spiro atoms. The molecular formula is C12H10Cl2N4O3. The summed E-state index contributed by atoms with van der Waals surface area (Å²) in [4.78, 5) is 39.4. The molecular weight excluding hydrogens is 319 g/mol. The summed E-state index contributed by atoms with van der Waals surface area (Å²) < 4.78 is 2.05. The molecule has 110 valence electrons. The van der Waals surface area contributed by atoms with Crippen LogP contribution in [0.1, 0.15) is 10.5 Å². The van der Waals surface area contributed by atoms with Crippen LogP contribution in [0, 0.1) is 0 Å². The number of amides is 1. The van der Waals surface area contributed by atoms with Gasteiger partial charge in [-0.1, -0.05) is 23.2 Å². The summed E-state index contributed by atoms with van der Waals surface area (Å²) >= 11 is 11.6. The lowest BCUT2D eigenvalue weighted by molar-refractivity contribution is 0.102. The third-order valence-electron chi connectivity index (χ3n) is 2.72. The summed E-state index contributed by atoms with van der Waals surface area (Å²) in [6.45, 7) is 0. The van der Waals surface area contributed by atoms with Crippen LogP contribution in [0.2, 0.25) is 10.2 Å². The van der Waals surface area contributed by atoms with E-state index < -0.39 is 17.2 Å². The van der Waals surface area contributed by atoms with Crippen molar-refractivity contribution in [2.45, 2.75) is 0 Å². The molecule has 2 aromatic heterocycles. The van der Waals surface area contributed by atoms with Crippen LogP contribution < -0.4 is 16.6 Å². The van der Waals surface area contributed by atoms with E-state index in [1.807, 2.05) is 0 Å². The van der Waals surface area contributed by atoms with E-state index in [4.69, 9.17) is 23.2 Å². The standard InChI is InChI=1S/C12H10Cl2N4O3/c1-17-5-7(11(20)18(2)12(17)21)15-10(19)9-6(13)3-4-8(14)16-9/h3-5H,1-2H3,(H,15,19). The maximum atomic E-state index is 12.1. The minimum Gasteiger partial charge on any atom is -0.315 e. The Morgan fingerprint density at radius 3 is 2.57 bits per heavy atom. The van der Waals surface area contributed by atoms with Crippen molar-refractivity contribution in [3.05, 3.63) is 55.0 Å². The van der Waals surface area contributed by atoms with Crippen LogP contribution >= 0.6 is 23.2 Å². The SMILES string of the molecule is Cn1cc(NC(=O)c2nc(Cl)ccc2Cl)c(=O)n(C)c1=O. The second kappa shape index (κ2) is 5.71. The fourth-order valence-corrected chi connectivity index (χ4v) is 1.99. The molecule has 0 unspecified atom stereocenters. The number of carbonyl (C=O) groups is 1. The lowest BCUT2D eigenvalue weighted by Crippen LogP contribution is -2.38. The summed E-state index contributed by atoms with van der Waals surface area (Å²) in [7, 11) is 2.77. The number of rotatable bonds is 2. The average molecular weight is 329 g/mol. The summed E-state index contributed by atoms with van der Waals surface area (Å²) in [6.07, 6.45) is 1.22. The van der Waals surface area contributed by atoms with Crippen LogP contribution in [0.3, 0.4) is 0 Å². The first-order valence-electron chi connectivity index (χ1n) is 5.71. The molecule has 0 bridgehead atoms. The first kappa shape index (κ1) is 15.3. The van der Waals surface area contributed by atoms with E-state index in [0.29, 0.717) is 0 Å². The molecule has 2 aromatic rings. The van der Waals surface area contributed by atoms with E-state index in [1.54, 1.807) is 0 Å². The zero-order valence-electron chi connectivity index (χ0n) is 11.1. The zero-order chi connectivity index (χ0) is 15.7. The van der Waals surface area contributed by atoms with Gasteiger partial charge in [0, 0.05) is 20.3 Å². The number of hydrogen-bond acceptors (Lipinski definition) is 4. The van der Waals surface area contributed by atoms with Crippen molar-refractivity contribution in [1.29, 1.82) is 0 Å². The van der Waals surface area contributed by atoms with Gasteiger partial charge >= 0.3 is 5.69 Å². The normalized spacial score (nSPS) is 10.5. The van der Waals surface area contributed by atoms with E-state index in [1.165, 1.54) is 37.0 Å². The molecule has 0 saturated carbocycles. The molecule has 0 saturated heterocycles. The lowest BCUT2D eigenvalue weighted by Gasteiger charge is -2.08. The molecule has 0 atom stereocenters. The summed E-state index contributed by atoms with van der Waals surface area (Å²) in [5.41, 5.74) is -1.32. The number of pyridine rings is 1. The third kappa shape index (κ3) is 2.98. The highest BCUT2D eigenvalue weighted by Crippen LogP contribution is 2.17. The Morgan fingerprint density at radius 1 is 1.24 bits per heavy atom. The van der Waals surface area contributed by atoms with Crippen molar-refractivity contribution < 1.29 is 4.79 Å². The van der Waals surface area contributed by atoms with Gasteiger partial charge < -0.3 is 9.88 Å². The quantitative estimate of drug-likeness (QED) is 0.834. The Morgan fingerprint density at radius 2 is 1.90 bits per heavy atom. The van der Waals surface area contributed by atoms with E-state index in [-0.39, 0.29) is 21.6 Å². The second-order valence-corrected chi connectivity index (χ2v) is 5.01. The van der Waals surface area contributed by atoms with Gasteiger partial charge in [0.2, 0.25) is 0 Å². The third-order valence-corrected chi connectivity index (χ3v) is 3.24. The topological polar surface area (TPSA) is 86.0 Å². The van der Waals surface area contributed by atoms with E-state index >= 15 is 0 Å². The number of halogens is 2. The Labute approximate surface area is 128 Å². The number of aryl methyl sites for hydroxylation is 1. The summed E-state index contributed by atoms with van der Waals surface area (Å²) in [5.74, 6) is -0.696. The van der Waals surface area contributed by atoms with Gasteiger partial charge in [-0.2, -0.15) is 0 Å². The van der Waals surface area contributed by atoms with Gasteiger partial charge in [0.15, 0.2) is 0 Å². The van der Waals surface area contributed by atoms with Crippen LogP contribution in [-0.4, -0.2) is 20.0 Å². The maximum absolute atomic E-state index is 12.1. The van der Waals surface area contributed by atoms with Crippen LogP contribution in [0.15, 0.2) is 27.9 Å². The smallest absolute Gasteiger partial charge is 0.315 e. The molecule has 2 heterocycles. The fraction of sp³-hybridized carbons (Fsp3) is 0.167. The summed E-state index contributed by atoms with van der Waals surface area (Å²) in [5, 5.41) is 2.56. The molecule has 1 amide bonds. The average Bonchev–Trinajstić information content (AvgIpc) is 2.45. The van der Waals surface area contributed by atoms with Gasteiger partial charge in [0.1, 0.15) is 16.5 Å². The van der Waals surface area contributed by atoms with Crippen LogP contribution in [-0.2, 0) is 14.1 Å². The molecule has 0 radical (unpaired) electrons. The minimum atomic E-state index is -0.696. The van der Waals surface area contributed by atoms with Crippen molar-refractivity contribution in [2.24, 2.45) is 14.1 Å². The predicted octanol–water partition coefficient (Wildman–Crippen LogP) is 1.04. The van der Waals surface area contributed by atoms with Gasteiger partial charge in [-0.15, -0.1) is 0 Å². The first-order valence-corrected chi connectivity index (χ1v) is 6.47. The monoisotopic (exact) mass is 328 g/mol. The fourth-order valence-electron chi connectivity index (χ4n) is 1.65. The van der Waals surface area contributed by atoms with E-state index in [0.717, 1.165) is 4.57 Å². The van der Waals surface area contributed by atoms with Crippen LogP contribution in [0.4, 0.5) is 5.69 Å². The summed E-state index contributed by atoms with van der Waals surface area (Å²) in [6, 6.07) is 2.86. The number of nitrogens with one attached hydrogen (secondary N) is 1. The zero-order valence-corrected chi connectivity index (χ0v) is 12.6. The molecule has 2 rings (SSSR count). The molecule has 0 fully saturated rings. The molecule has 9 heteroatoms. The van der Waals surface area contributed by atoms with Crippen molar-refractivity contribution in [3.63, 3.8) is 0 Å². The van der Waals surface area contributed by atoms with Gasteiger partial charge in [0.25, 0.3) is 11.5 Å². The largest absolute Gasteiger partial charge is 0.330 e. The predicted molar refractivity (Wildman–Crippen MR) is 79.1 cm³/mol. The molecule has 7 nitrogen and oxygen atoms in total. The van der Waals surface area contributed by atoms with Crippen LogP contribution in [0.25, 0.3) is 0 Å². The van der Waals surface area contributed by atoms with Gasteiger partial charge in [-0.05, 0) is 12.1 Å².